The fourth-order valence-electron chi connectivity index (χ4n) is 0.930. The molecular weight excluding hydrogens is 198 g/mol. The third kappa shape index (κ3) is 2.69. The summed E-state index contributed by atoms with van der Waals surface area (Å²) in [7, 11) is 1.56. The molecule has 14 heavy (non-hydrogen) atoms. The van der Waals surface area contributed by atoms with Gasteiger partial charge in [0.2, 0.25) is 0 Å². The minimum atomic E-state index is 0.226. The maximum Gasteiger partial charge on any atom is 0.137 e. The van der Waals surface area contributed by atoms with Gasteiger partial charge in [-0.3, -0.25) is 0 Å². The van der Waals surface area contributed by atoms with Gasteiger partial charge in [-0.2, -0.15) is 5.26 Å². The van der Waals surface area contributed by atoms with E-state index in [0.717, 1.165) is 5.56 Å². The van der Waals surface area contributed by atoms with Crippen LogP contribution in [0.15, 0.2) is 18.2 Å². The summed E-state index contributed by atoms with van der Waals surface area (Å²) in [6.07, 6.45) is 0.226. The lowest BCUT2D eigenvalue weighted by molar-refractivity contribution is 0.415. The second kappa shape index (κ2) is 5.17. The SMILES string of the molecule is COc1ccc(C#CCC#N)cc1Cl. The van der Waals surface area contributed by atoms with Gasteiger partial charge in [-0.05, 0) is 18.2 Å². The van der Waals surface area contributed by atoms with Gasteiger partial charge in [-0.25, -0.2) is 0 Å². The lowest BCUT2D eigenvalue weighted by atomic mass is 10.2. The van der Waals surface area contributed by atoms with Crippen molar-refractivity contribution >= 4 is 11.6 Å². The summed E-state index contributed by atoms with van der Waals surface area (Å²) in [4.78, 5) is 0. The van der Waals surface area contributed by atoms with E-state index in [4.69, 9.17) is 21.6 Å². The van der Waals surface area contributed by atoms with Crippen LogP contribution in [0.25, 0.3) is 0 Å². The van der Waals surface area contributed by atoms with Crippen LogP contribution in [0.5, 0.6) is 5.75 Å². The zero-order chi connectivity index (χ0) is 10.4. The van der Waals surface area contributed by atoms with Crippen molar-refractivity contribution < 1.29 is 4.74 Å². The van der Waals surface area contributed by atoms with Crippen molar-refractivity contribution in [3.05, 3.63) is 28.8 Å². The number of rotatable bonds is 1. The maximum atomic E-state index is 8.28. The molecule has 0 spiro atoms. The first kappa shape index (κ1) is 10.4. The topological polar surface area (TPSA) is 33.0 Å². The molecule has 3 heteroatoms. The van der Waals surface area contributed by atoms with Gasteiger partial charge in [-0.15, -0.1) is 0 Å². The van der Waals surface area contributed by atoms with Crippen LogP contribution in [0.3, 0.4) is 0 Å². The number of halogens is 1. The largest absolute Gasteiger partial charge is 0.495 e. The lowest BCUT2D eigenvalue weighted by Crippen LogP contribution is -1.84. The first-order valence-corrected chi connectivity index (χ1v) is 4.35. The molecule has 0 aliphatic carbocycles. The molecule has 1 rings (SSSR count). The number of hydrogen-bond acceptors (Lipinski definition) is 2. The molecule has 0 aliphatic rings. The predicted molar refractivity (Wildman–Crippen MR) is 55.1 cm³/mol. The average molecular weight is 206 g/mol. The van der Waals surface area contributed by atoms with Gasteiger partial charge < -0.3 is 4.74 Å². The highest BCUT2D eigenvalue weighted by molar-refractivity contribution is 6.32. The molecule has 0 saturated carbocycles. The Hall–Kier alpha value is -1.64. The molecule has 0 aliphatic heterocycles. The van der Waals surface area contributed by atoms with Crippen molar-refractivity contribution in [3.8, 4) is 23.7 Å². The highest BCUT2D eigenvalue weighted by atomic mass is 35.5. The van der Waals surface area contributed by atoms with Crippen LogP contribution in [0.4, 0.5) is 0 Å². The minimum absolute atomic E-state index is 0.226. The summed E-state index contributed by atoms with van der Waals surface area (Å²) in [6.45, 7) is 0. The number of nitrogens with zero attached hydrogens (tertiary/aromatic N) is 1. The molecule has 70 valence electrons. The summed E-state index contributed by atoms with van der Waals surface area (Å²) in [6, 6.07) is 7.21. The summed E-state index contributed by atoms with van der Waals surface area (Å²) in [5, 5.41) is 8.81. The lowest BCUT2D eigenvalue weighted by Gasteiger charge is -2.01. The molecule has 0 radical (unpaired) electrons. The van der Waals surface area contributed by atoms with E-state index in [-0.39, 0.29) is 6.42 Å². The second-order valence-electron chi connectivity index (χ2n) is 2.49. The van der Waals surface area contributed by atoms with Gasteiger partial charge in [0.15, 0.2) is 0 Å². The molecule has 0 fully saturated rings. The summed E-state index contributed by atoms with van der Waals surface area (Å²) in [5.41, 5.74) is 0.783. The number of methoxy groups -OCH3 is 1. The van der Waals surface area contributed by atoms with E-state index in [1.54, 1.807) is 25.3 Å². The van der Waals surface area contributed by atoms with Gasteiger partial charge >= 0.3 is 0 Å². The van der Waals surface area contributed by atoms with Crippen LogP contribution >= 0.6 is 11.6 Å². The molecule has 0 saturated heterocycles. The Kier molecular flexibility index (Phi) is 3.85. The normalized spacial score (nSPS) is 8.36. The Bertz CT molecular complexity index is 423. The van der Waals surface area contributed by atoms with Crippen LogP contribution in [0, 0.1) is 23.2 Å². The fourth-order valence-corrected chi connectivity index (χ4v) is 1.19. The molecule has 2 nitrogen and oxygen atoms in total. The maximum absolute atomic E-state index is 8.28. The molecule has 0 bridgehead atoms. The van der Waals surface area contributed by atoms with E-state index in [0.29, 0.717) is 10.8 Å². The average Bonchev–Trinajstić information content (AvgIpc) is 2.18. The molecule has 0 heterocycles. The van der Waals surface area contributed by atoms with E-state index < -0.39 is 0 Å². The Morgan fingerprint density at radius 3 is 2.86 bits per heavy atom. The van der Waals surface area contributed by atoms with Crippen LogP contribution in [0.1, 0.15) is 12.0 Å². The fraction of sp³-hybridized carbons (Fsp3) is 0.182. The monoisotopic (exact) mass is 205 g/mol. The van der Waals surface area contributed by atoms with Crippen LogP contribution in [-0.2, 0) is 0 Å². The standard InChI is InChI=1S/C11H8ClNO/c1-14-11-6-5-9(8-10(11)12)4-2-3-7-13/h5-6,8H,3H2,1H3. The molecular formula is C11H8ClNO. The van der Waals surface area contributed by atoms with Gasteiger partial charge in [0.05, 0.1) is 24.6 Å². The van der Waals surface area contributed by atoms with E-state index in [9.17, 15) is 0 Å². The highest BCUT2D eigenvalue weighted by Crippen LogP contribution is 2.24. The summed E-state index contributed by atoms with van der Waals surface area (Å²) >= 11 is 5.88. The van der Waals surface area contributed by atoms with Gasteiger partial charge in [0.25, 0.3) is 0 Å². The quantitative estimate of drug-likeness (QED) is 0.661. The van der Waals surface area contributed by atoms with Crippen molar-refractivity contribution in [1.29, 1.82) is 5.26 Å². The Labute approximate surface area is 88.1 Å². The third-order valence-corrected chi connectivity index (χ3v) is 1.85. The van der Waals surface area contributed by atoms with Crippen LogP contribution in [0.2, 0.25) is 5.02 Å². The smallest absolute Gasteiger partial charge is 0.137 e. The van der Waals surface area contributed by atoms with Crippen molar-refractivity contribution in [2.75, 3.05) is 7.11 Å². The number of hydrogen-bond donors (Lipinski definition) is 0. The molecule has 0 unspecified atom stereocenters. The van der Waals surface area contributed by atoms with Crippen LogP contribution < -0.4 is 4.74 Å². The van der Waals surface area contributed by atoms with Gasteiger partial charge in [-0.1, -0.05) is 23.4 Å². The Morgan fingerprint density at radius 1 is 1.50 bits per heavy atom. The van der Waals surface area contributed by atoms with Gasteiger partial charge in [0.1, 0.15) is 5.75 Å². The number of nitriles is 1. The molecule has 0 N–H and O–H groups in total. The van der Waals surface area contributed by atoms with Crippen LogP contribution in [-0.4, -0.2) is 7.11 Å². The van der Waals surface area contributed by atoms with Crippen molar-refractivity contribution in [3.63, 3.8) is 0 Å². The Morgan fingerprint density at radius 2 is 2.29 bits per heavy atom. The first-order valence-electron chi connectivity index (χ1n) is 3.97. The third-order valence-electron chi connectivity index (χ3n) is 1.55. The summed E-state index contributed by atoms with van der Waals surface area (Å²) < 4.78 is 4.99. The summed E-state index contributed by atoms with van der Waals surface area (Å²) in [5.74, 6) is 6.15. The molecule has 0 aromatic heterocycles. The van der Waals surface area contributed by atoms with E-state index in [1.165, 1.54) is 0 Å². The number of ether oxygens (including phenoxy) is 1. The predicted octanol–water partition coefficient (Wildman–Crippen LogP) is 2.61. The zero-order valence-electron chi connectivity index (χ0n) is 7.67. The van der Waals surface area contributed by atoms with Crippen molar-refractivity contribution in [2.24, 2.45) is 0 Å². The first-order chi connectivity index (χ1) is 6.77. The van der Waals surface area contributed by atoms with Crippen molar-refractivity contribution in [1.82, 2.24) is 0 Å². The minimum Gasteiger partial charge on any atom is -0.495 e. The van der Waals surface area contributed by atoms with Gasteiger partial charge in [0, 0.05) is 5.56 Å². The van der Waals surface area contributed by atoms with E-state index in [2.05, 4.69) is 11.8 Å². The Balaban J connectivity index is 2.89. The molecule has 0 amide bonds. The molecule has 0 atom stereocenters. The molecule has 1 aromatic carbocycles. The highest BCUT2D eigenvalue weighted by Gasteiger charge is 1.98. The zero-order valence-corrected chi connectivity index (χ0v) is 8.43. The number of benzene rings is 1. The van der Waals surface area contributed by atoms with E-state index >= 15 is 0 Å². The van der Waals surface area contributed by atoms with Crippen molar-refractivity contribution in [2.45, 2.75) is 6.42 Å². The second-order valence-corrected chi connectivity index (χ2v) is 2.89. The molecule has 1 aromatic rings. The van der Waals surface area contributed by atoms with E-state index in [1.807, 2.05) is 6.07 Å².